The Balaban J connectivity index is 4.22. The van der Waals surface area contributed by atoms with E-state index >= 15 is 0 Å². The Morgan fingerprint density at radius 1 is 1.00 bits per heavy atom. The second kappa shape index (κ2) is 5.29. The quantitative estimate of drug-likeness (QED) is 0.639. The maximum atomic E-state index is 6.16. The maximum absolute atomic E-state index is 6.16. The third-order valence-electron chi connectivity index (χ3n) is 1.68. The summed E-state index contributed by atoms with van der Waals surface area (Å²) in [5.41, 5.74) is 0. The Bertz CT molecular complexity index is 137. The zero-order chi connectivity index (χ0) is 10.5. The molecule has 0 N–H and O–H groups in total. The molecule has 0 bridgehead atoms. The van der Waals surface area contributed by atoms with E-state index in [4.69, 9.17) is 8.54 Å². The van der Waals surface area contributed by atoms with E-state index in [0.29, 0.717) is 0 Å². The summed E-state index contributed by atoms with van der Waals surface area (Å²) in [6, 6.07) is 1.12. The van der Waals surface area contributed by atoms with Gasteiger partial charge < -0.3 is 8.54 Å². The van der Waals surface area contributed by atoms with E-state index in [9.17, 15) is 0 Å². The molecule has 0 heterocycles. The summed E-state index contributed by atoms with van der Waals surface area (Å²) in [4.78, 5) is 0. The minimum atomic E-state index is -1.82. The van der Waals surface area contributed by atoms with Gasteiger partial charge in [0.2, 0.25) is 0 Å². The zero-order valence-corrected chi connectivity index (χ0v) is 11.9. The van der Waals surface area contributed by atoms with Crippen LogP contribution < -0.4 is 0 Å². The summed E-state index contributed by atoms with van der Waals surface area (Å²) in [6.45, 7) is 13.9. The van der Waals surface area contributed by atoms with Crippen molar-refractivity contribution in [1.29, 1.82) is 0 Å². The lowest BCUT2D eigenvalue weighted by Gasteiger charge is -2.33. The maximum Gasteiger partial charge on any atom is 0.324 e. The highest BCUT2D eigenvalue weighted by Gasteiger charge is 2.35. The molecule has 1 unspecified atom stereocenters. The van der Waals surface area contributed by atoms with Gasteiger partial charge in [0.15, 0.2) is 8.32 Å². The molecule has 0 aliphatic heterocycles. The average Bonchev–Trinajstić information content (AvgIpc) is 1.82. The highest BCUT2D eigenvalue weighted by molar-refractivity contribution is 6.81. The van der Waals surface area contributed by atoms with E-state index in [1.165, 1.54) is 0 Å². The van der Waals surface area contributed by atoms with Gasteiger partial charge in [0.25, 0.3) is 0 Å². The highest BCUT2D eigenvalue weighted by atomic mass is 28.4. The molecule has 2 nitrogen and oxygen atoms in total. The second-order valence-corrected chi connectivity index (χ2v) is 12.6. The molecule has 0 aromatic rings. The summed E-state index contributed by atoms with van der Waals surface area (Å²) < 4.78 is 12.0. The molecule has 0 aromatic heterocycles. The topological polar surface area (TPSA) is 18.5 Å². The van der Waals surface area contributed by atoms with Crippen molar-refractivity contribution in [3.63, 3.8) is 0 Å². The van der Waals surface area contributed by atoms with E-state index < -0.39 is 16.9 Å². The van der Waals surface area contributed by atoms with E-state index in [-0.39, 0.29) is 0 Å². The molecule has 80 valence electrons. The normalized spacial score (nSPS) is 17.1. The third-order valence-corrected chi connectivity index (χ3v) is 8.16. The molecule has 0 spiro atoms. The van der Waals surface area contributed by atoms with Crippen molar-refractivity contribution >= 4 is 16.9 Å². The van der Waals surface area contributed by atoms with Crippen LogP contribution in [0.1, 0.15) is 20.3 Å². The van der Waals surface area contributed by atoms with Crippen LogP contribution in [0.15, 0.2) is 0 Å². The lowest BCUT2D eigenvalue weighted by Crippen LogP contribution is -2.47. The molecule has 0 aliphatic carbocycles. The van der Waals surface area contributed by atoms with Gasteiger partial charge in [-0.25, -0.2) is 0 Å². The summed E-state index contributed by atoms with van der Waals surface area (Å²) >= 11 is 0. The zero-order valence-electron chi connectivity index (χ0n) is 9.94. The van der Waals surface area contributed by atoms with Crippen LogP contribution in [0, 0.1) is 0 Å². The van der Waals surface area contributed by atoms with Gasteiger partial charge in [0.05, 0.1) is 0 Å². The fourth-order valence-electron chi connectivity index (χ4n) is 1.56. The lowest BCUT2D eigenvalue weighted by atomic mass is 10.6. The van der Waals surface area contributed by atoms with Crippen LogP contribution in [-0.4, -0.2) is 23.5 Å². The summed E-state index contributed by atoms with van der Waals surface area (Å²) in [5, 5.41) is 0. The first kappa shape index (κ1) is 13.4. The molecular weight excluding hydrogens is 196 g/mol. The van der Waals surface area contributed by atoms with Crippen molar-refractivity contribution in [2.24, 2.45) is 0 Å². The van der Waals surface area contributed by atoms with Crippen LogP contribution in [0.4, 0.5) is 0 Å². The van der Waals surface area contributed by atoms with Crippen LogP contribution in [0.25, 0.3) is 0 Å². The summed E-state index contributed by atoms with van der Waals surface area (Å²) in [7, 11) is -3.25. The van der Waals surface area contributed by atoms with Gasteiger partial charge in [0.1, 0.15) is 0 Å². The standard InChI is InChI=1S/C9H24O2Si2/c1-7-9-13(6,10-8-2)11-12(3,4)5/h7-9H2,1-6H3. The Labute approximate surface area is 85.0 Å². The molecule has 4 heteroatoms. The van der Waals surface area contributed by atoms with Crippen molar-refractivity contribution in [3.8, 4) is 0 Å². The highest BCUT2D eigenvalue weighted by Crippen LogP contribution is 2.20. The smallest absolute Gasteiger partial charge is 0.324 e. The molecule has 0 radical (unpaired) electrons. The molecule has 0 amide bonds. The fourth-order valence-corrected chi connectivity index (χ4v) is 9.05. The van der Waals surface area contributed by atoms with Crippen LogP contribution in [0.2, 0.25) is 32.2 Å². The van der Waals surface area contributed by atoms with Gasteiger partial charge in [-0.05, 0) is 39.2 Å². The average molecular weight is 220 g/mol. The van der Waals surface area contributed by atoms with Crippen molar-refractivity contribution in [2.75, 3.05) is 6.61 Å². The van der Waals surface area contributed by atoms with Crippen LogP contribution in [0.3, 0.4) is 0 Å². The van der Waals surface area contributed by atoms with Crippen LogP contribution in [0.5, 0.6) is 0 Å². The SMILES string of the molecule is CCC[Si](C)(OCC)O[Si](C)(C)C. The first-order valence-electron chi connectivity index (χ1n) is 5.17. The number of rotatable bonds is 6. The first-order chi connectivity index (χ1) is 5.83. The molecule has 1 atom stereocenters. The Hall–Kier alpha value is 0.354. The predicted molar refractivity (Wildman–Crippen MR) is 62.8 cm³/mol. The Morgan fingerprint density at radius 3 is 1.85 bits per heavy atom. The molecule has 0 saturated heterocycles. The van der Waals surface area contributed by atoms with Gasteiger partial charge >= 0.3 is 8.56 Å². The Kier molecular flexibility index (Phi) is 5.43. The van der Waals surface area contributed by atoms with Crippen molar-refractivity contribution in [2.45, 2.75) is 52.5 Å². The summed E-state index contributed by atoms with van der Waals surface area (Å²) in [6.07, 6.45) is 1.16. The van der Waals surface area contributed by atoms with Crippen molar-refractivity contribution in [1.82, 2.24) is 0 Å². The molecule has 0 fully saturated rings. The van der Waals surface area contributed by atoms with Crippen molar-refractivity contribution in [3.05, 3.63) is 0 Å². The molecule has 0 aromatic carbocycles. The van der Waals surface area contributed by atoms with Crippen molar-refractivity contribution < 1.29 is 8.54 Å². The molecule has 0 saturated carbocycles. The van der Waals surface area contributed by atoms with Gasteiger partial charge in [-0.3, -0.25) is 0 Å². The number of hydrogen-bond acceptors (Lipinski definition) is 2. The minimum absolute atomic E-state index is 0.785. The van der Waals surface area contributed by atoms with Gasteiger partial charge in [-0.15, -0.1) is 0 Å². The van der Waals surface area contributed by atoms with Gasteiger partial charge in [-0.1, -0.05) is 13.3 Å². The lowest BCUT2D eigenvalue weighted by molar-refractivity contribution is 0.254. The minimum Gasteiger partial charge on any atom is -0.436 e. The Morgan fingerprint density at radius 2 is 1.54 bits per heavy atom. The van der Waals surface area contributed by atoms with Gasteiger partial charge in [0, 0.05) is 6.61 Å². The third kappa shape index (κ3) is 6.43. The predicted octanol–water partition coefficient (Wildman–Crippen LogP) is 3.36. The van der Waals surface area contributed by atoms with E-state index in [0.717, 1.165) is 19.1 Å². The molecule has 0 aliphatic rings. The molecular formula is C9H24O2Si2. The monoisotopic (exact) mass is 220 g/mol. The fraction of sp³-hybridized carbons (Fsp3) is 1.00. The van der Waals surface area contributed by atoms with Crippen LogP contribution >= 0.6 is 0 Å². The molecule has 0 rings (SSSR count). The number of hydrogen-bond donors (Lipinski definition) is 0. The van der Waals surface area contributed by atoms with Crippen LogP contribution in [-0.2, 0) is 8.54 Å². The first-order valence-corrected chi connectivity index (χ1v) is 11.1. The van der Waals surface area contributed by atoms with Gasteiger partial charge in [-0.2, -0.15) is 0 Å². The van der Waals surface area contributed by atoms with E-state index in [1.54, 1.807) is 0 Å². The van der Waals surface area contributed by atoms with E-state index in [1.807, 2.05) is 0 Å². The second-order valence-electron chi connectivity index (χ2n) is 4.53. The largest absolute Gasteiger partial charge is 0.436 e. The molecule has 13 heavy (non-hydrogen) atoms. The summed E-state index contributed by atoms with van der Waals surface area (Å²) in [5.74, 6) is 0. The van der Waals surface area contributed by atoms with E-state index in [2.05, 4.69) is 40.0 Å².